The van der Waals surface area contributed by atoms with E-state index >= 15 is 0 Å². The number of aliphatic hydroxyl groups is 1. The van der Waals surface area contributed by atoms with E-state index < -0.39 is 6.10 Å². The highest BCUT2D eigenvalue weighted by molar-refractivity contribution is 5.93. The quantitative estimate of drug-likeness (QED) is 0.719. The third-order valence-corrected chi connectivity index (χ3v) is 6.97. The van der Waals surface area contributed by atoms with Crippen molar-refractivity contribution in [2.45, 2.75) is 38.3 Å². The van der Waals surface area contributed by atoms with Gasteiger partial charge in [0.05, 0.1) is 18.7 Å². The van der Waals surface area contributed by atoms with Gasteiger partial charge in [0.1, 0.15) is 11.4 Å². The SMILES string of the molecule is CCC1CN2CCC1CC2[C@@H](O)c1ccnc2ccc(OC)c(-n3cccn3)c12. The molecule has 5 atom stereocenters. The van der Waals surface area contributed by atoms with Crippen molar-refractivity contribution >= 4 is 10.9 Å². The number of benzene rings is 1. The Morgan fingerprint density at radius 3 is 2.86 bits per heavy atom. The largest absolute Gasteiger partial charge is 0.494 e. The van der Waals surface area contributed by atoms with Crippen LogP contribution in [0.15, 0.2) is 42.9 Å². The molecule has 2 aromatic heterocycles. The number of nitrogens with zero attached hydrogens (tertiary/aromatic N) is 4. The molecule has 1 aromatic carbocycles. The Balaban J connectivity index is 1.62. The number of rotatable bonds is 5. The summed E-state index contributed by atoms with van der Waals surface area (Å²) in [5.74, 6) is 2.21. The van der Waals surface area contributed by atoms with Crippen LogP contribution in [0.25, 0.3) is 16.6 Å². The highest BCUT2D eigenvalue weighted by Gasteiger charge is 2.42. The number of hydrogen-bond acceptors (Lipinski definition) is 5. The summed E-state index contributed by atoms with van der Waals surface area (Å²) in [7, 11) is 1.66. The highest BCUT2D eigenvalue weighted by Crippen LogP contribution is 2.44. The van der Waals surface area contributed by atoms with E-state index in [1.807, 2.05) is 30.5 Å². The topological polar surface area (TPSA) is 63.4 Å². The third kappa shape index (κ3) is 3.02. The monoisotopic (exact) mass is 392 g/mol. The van der Waals surface area contributed by atoms with Crippen molar-refractivity contribution in [3.63, 3.8) is 0 Å². The van der Waals surface area contributed by atoms with Gasteiger partial charge in [-0.15, -0.1) is 0 Å². The summed E-state index contributed by atoms with van der Waals surface area (Å²) in [6.45, 7) is 4.47. The van der Waals surface area contributed by atoms with Crippen LogP contribution in [-0.2, 0) is 0 Å². The predicted octanol–water partition coefficient (Wildman–Crippen LogP) is 3.58. The van der Waals surface area contributed by atoms with Gasteiger partial charge in [0.2, 0.25) is 0 Å². The van der Waals surface area contributed by atoms with Gasteiger partial charge in [-0.25, -0.2) is 4.68 Å². The van der Waals surface area contributed by atoms with Crippen LogP contribution in [0.2, 0.25) is 0 Å². The Bertz CT molecular complexity index is 1000. The van der Waals surface area contributed by atoms with Crippen molar-refractivity contribution < 1.29 is 9.84 Å². The lowest BCUT2D eigenvalue weighted by Gasteiger charge is -2.51. The minimum atomic E-state index is -0.567. The summed E-state index contributed by atoms with van der Waals surface area (Å²) >= 11 is 0. The lowest BCUT2D eigenvalue weighted by Crippen LogP contribution is -2.55. The Morgan fingerprint density at radius 2 is 2.17 bits per heavy atom. The van der Waals surface area contributed by atoms with Crippen LogP contribution in [0.4, 0.5) is 0 Å². The van der Waals surface area contributed by atoms with Gasteiger partial charge in [0.25, 0.3) is 0 Å². The molecule has 152 valence electrons. The maximum Gasteiger partial charge on any atom is 0.145 e. The number of fused-ring (bicyclic) bond motifs is 4. The first-order valence-electron chi connectivity index (χ1n) is 10.6. The molecule has 0 radical (unpaired) electrons. The predicted molar refractivity (Wildman–Crippen MR) is 112 cm³/mol. The molecule has 0 amide bonds. The fraction of sp³-hybridized carbons (Fsp3) is 0.478. The van der Waals surface area contributed by atoms with Gasteiger partial charge >= 0.3 is 0 Å². The molecule has 29 heavy (non-hydrogen) atoms. The Labute approximate surface area is 171 Å². The summed E-state index contributed by atoms with van der Waals surface area (Å²) in [5, 5.41) is 16.9. The molecule has 6 nitrogen and oxygen atoms in total. The van der Waals surface area contributed by atoms with Crippen LogP contribution in [0.5, 0.6) is 5.75 Å². The Morgan fingerprint density at radius 1 is 1.28 bits per heavy atom. The van der Waals surface area contributed by atoms with Gasteiger partial charge in [-0.3, -0.25) is 9.88 Å². The number of pyridine rings is 1. The van der Waals surface area contributed by atoms with Crippen LogP contribution in [-0.4, -0.2) is 51.0 Å². The molecule has 0 saturated carbocycles. The molecule has 3 saturated heterocycles. The van der Waals surface area contributed by atoms with Crippen molar-refractivity contribution in [1.82, 2.24) is 19.7 Å². The zero-order valence-electron chi connectivity index (χ0n) is 17.0. The zero-order valence-corrected chi connectivity index (χ0v) is 17.0. The molecule has 3 aliphatic heterocycles. The van der Waals surface area contributed by atoms with E-state index in [0.29, 0.717) is 0 Å². The molecule has 2 bridgehead atoms. The van der Waals surface area contributed by atoms with Crippen molar-refractivity contribution in [2.75, 3.05) is 20.2 Å². The number of ether oxygens (including phenoxy) is 1. The molecule has 3 aromatic rings. The third-order valence-electron chi connectivity index (χ3n) is 6.97. The molecule has 4 unspecified atom stereocenters. The van der Waals surface area contributed by atoms with E-state index in [9.17, 15) is 5.11 Å². The second-order valence-corrected chi connectivity index (χ2v) is 8.32. The normalized spacial score (nSPS) is 27.3. The molecule has 3 fully saturated rings. The second kappa shape index (κ2) is 7.43. The minimum absolute atomic E-state index is 0.152. The maximum absolute atomic E-state index is 11.6. The second-order valence-electron chi connectivity index (χ2n) is 8.32. The molecule has 6 rings (SSSR count). The smallest absolute Gasteiger partial charge is 0.145 e. The maximum atomic E-state index is 11.6. The highest BCUT2D eigenvalue weighted by atomic mass is 16.5. The lowest BCUT2D eigenvalue weighted by atomic mass is 9.72. The summed E-state index contributed by atoms with van der Waals surface area (Å²) in [6, 6.07) is 7.87. The first kappa shape index (κ1) is 18.6. The average molecular weight is 393 g/mol. The van der Waals surface area contributed by atoms with Crippen LogP contribution in [0.1, 0.15) is 37.9 Å². The summed E-state index contributed by atoms with van der Waals surface area (Å²) in [5.41, 5.74) is 2.58. The molecule has 0 aliphatic carbocycles. The average Bonchev–Trinajstić information content (AvgIpc) is 3.32. The summed E-state index contributed by atoms with van der Waals surface area (Å²) in [4.78, 5) is 7.07. The van der Waals surface area contributed by atoms with Gasteiger partial charge in [-0.2, -0.15) is 5.10 Å². The molecular formula is C23H28N4O2. The van der Waals surface area contributed by atoms with Crippen molar-refractivity contribution in [3.8, 4) is 11.4 Å². The molecular weight excluding hydrogens is 364 g/mol. The van der Waals surface area contributed by atoms with Gasteiger partial charge in [-0.05, 0) is 61.1 Å². The molecule has 5 heterocycles. The number of piperidine rings is 3. The zero-order chi connectivity index (χ0) is 20.0. The number of aliphatic hydroxyl groups excluding tert-OH is 1. The van der Waals surface area contributed by atoms with Crippen LogP contribution in [0, 0.1) is 11.8 Å². The van der Waals surface area contributed by atoms with E-state index in [2.05, 4.69) is 21.9 Å². The van der Waals surface area contributed by atoms with Gasteiger partial charge in [0.15, 0.2) is 0 Å². The molecule has 3 aliphatic rings. The van der Waals surface area contributed by atoms with E-state index in [1.54, 1.807) is 24.2 Å². The number of hydrogen-bond donors (Lipinski definition) is 1. The summed E-state index contributed by atoms with van der Waals surface area (Å²) < 4.78 is 7.46. The molecule has 1 N–H and O–H groups in total. The standard InChI is InChI=1S/C23H28N4O2/c1-3-15-14-26-12-8-16(15)13-19(26)23(28)17-7-10-24-18-5-6-20(29-2)22(21(17)18)27-11-4-9-25-27/h4-7,9-11,15-16,19,23,28H,3,8,12-14H2,1-2H3/t15?,16?,19?,23-/m0/s1. The Hall–Kier alpha value is -2.44. The van der Waals surface area contributed by atoms with Crippen molar-refractivity contribution in [2.24, 2.45) is 11.8 Å². The first-order chi connectivity index (χ1) is 14.2. The van der Waals surface area contributed by atoms with E-state index in [-0.39, 0.29) is 6.04 Å². The fourth-order valence-corrected chi connectivity index (χ4v) is 5.45. The lowest BCUT2D eigenvalue weighted by molar-refractivity contribution is -0.0562. The van der Waals surface area contributed by atoms with Gasteiger partial charge in [-0.1, -0.05) is 13.3 Å². The number of methoxy groups -OCH3 is 1. The van der Waals surface area contributed by atoms with Crippen molar-refractivity contribution in [1.29, 1.82) is 0 Å². The van der Waals surface area contributed by atoms with Gasteiger partial charge in [0, 0.05) is 36.6 Å². The van der Waals surface area contributed by atoms with E-state index in [4.69, 9.17) is 4.74 Å². The van der Waals surface area contributed by atoms with Crippen LogP contribution in [0.3, 0.4) is 0 Å². The molecule has 0 spiro atoms. The molecule has 6 heteroatoms. The van der Waals surface area contributed by atoms with Crippen LogP contribution < -0.4 is 4.74 Å². The van der Waals surface area contributed by atoms with E-state index in [1.165, 1.54) is 12.8 Å². The Kier molecular flexibility index (Phi) is 4.76. The number of aromatic nitrogens is 3. The fourth-order valence-electron chi connectivity index (χ4n) is 5.45. The van der Waals surface area contributed by atoms with Crippen LogP contribution >= 0.6 is 0 Å². The summed E-state index contributed by atoms with van der Waals surface area (Å²) in [6.07, 6.45) is 8.42. The minimum Gasteiger partial charge on any atom is -0.494 e. The van der Waals surface area contributed by atoms with E-state index in [0.717, 1.165) is 59.2 Å². The first-order valence-corrected chi connectivity index (χ1v) is 10.6. The van der Waals surface area contributed by atoms with Gasteiger partial charge < -0.3 is 9.84 Å². The van der Waals surface area contributed by atoms with Crippen molar-refractivity contribution in [3.05, 3.63) is 48.4 Å².